The number of methoxy groups -OCH3 is 3. The van der Waals surface area contributed by atoms with Gasteiger partial charge in [-0.1, -0.05) is 12.1 Å². The molecule has 1 N–H and O–H groups in total. The van der Waals surface area contributed by atoms with E-state index in [0.717, 1.165) is 22.8 Å². The van der Waals surface area contributed by atoms with Crippen molar-refractivity contribution in [1.82, 2.24) is 4.90 Å². The molecule has 0 spiro atoms. The fourth-order valence-electron chi connectivity index (χ4n) is 2.90. The highest BCUT2D eigenvalue weighted by atomic mass is 32.2. The number of thioether (sulfide) groups is 1. The maximum atomic E-state index is 12.9. The zero-order valence-electron chi connectivity index (χ0n) is 15.0. The van der Waals surface area contributed by atoms with E-state index in [9.17, 15) is 4.79 Å². The van der Waals surface area contributed by atoms with Crippen molar-refractivity contribution < 1.29 is 19.0 Å². The number of nitrogens with one attached hydrogen (secondary N) is 1. The van der Waals surface area contributed by atoms with E-state index in [4.69, 9.17) is 14.2 Å². The summed E-state index contributed by atoms with van der Waals surface area (Å²) in [5, 5.41) is 2.80. The molecule has 2 aromatic carbocycles. The number of carbonyl (C=O) groups excluding carboxylic acids is 1. The van der Waals surface area contributed by atoms with Crippen LogP contribution in [0.1, 0.15) is 10.9 Å². The summed E-state index contributed by atoms with van der Waals surface area (Å²) < 4.78 is 16.1. The Morgan fingerprint density at radius 2 is 1.85 bits per heavy atom. The molecule has 3 rings (SSSR count). The molecule has 26 heavy (non-hydrogen) atoms. The van der Waals surface area contributed by atoms with Crippen molar-refractivity contribution in [2.75, 3.05) is 38.9 Å². The number of benzene rings is 2. The molecule has 1 unspecified atom stereocenters. The topological polar surface area (TPSA) is 60.0 Å². The first-order valence-electron chi connectivity index (χ1n) is 8.22. The minimum Gasteiger partial charge on any atom is -0.497 e. The van der Waals surface area contributed by atoms with Crippen molar-refractivity contribution in [2.45, 2.75) is 5.37 Å². The SMILES string of the molecule is COc1ccc(OC)c(C2SCCN2C(=O)Nc2ccccc2OC)c1. The van der Waals surface area contributed by atoms with Gasteiger partial charge in [0, 0.05) is 17.9 Å². The summed E-state index contributed by atoms with van der Waals surface area (Å²) >= 11 is 1.70. The van der Waals surface area contributed by atoms with Crippen molar-refractivity contribution in [1.29, 1.82) is 0 Å². The molecule has 0 aromatic heterocycles. The van der Waals surface area contributed by atoms with E-state index in [2.05, 4.69) is 5.32 Å². The van der Waals surface area contributed by atoms with Crippen LogP contribution in [0.5, 0.6) is 17.2 Å². The van der Waals surface area contributed by atoms with E-state index < -0.39 is 0 Å². The van der Waals surface area contributed by atoms with Crippen molar-refractivity contribution in [3.63, 3.8) is 0 Å². The van der Waals surface area contributed by atoms with Crippen molar-refractivity contribution in [2.24, 2.45) is 0 Å². The normalized spacial score (nSPS) is 16.3. The molecule has 6 nitrogen and oxygen atoms in total. The highest BCUT2D eigenvalue weighted by molar-refractivity contribution is 7.99. The fraction of sp³-hybridized carbons (Fsp3) is 0.316. The van der Waals surface area contributed by atoms with E-state index in [1.165, 1.54) is 0 Å². The van der Waals surface area contributed by atoms with Gasteiger partial charge in [0.05, 0.1) is 27.0 Å². The van der Waals surface area contributed by atoms with Gasteiger partial charge in [-0.3, -0.25) is 0 Å². The van der Waals surface area contributed by atoms with Gasteiger partial charge in [0.1, 0.15) is 22.6 Å². The fourth-order valence-corrected chi connectivity index (χ4v) is 4.17. The van der Waals surface area contributed by atoms with Crippen LogP contribution in [0.15, 0.2) is 42.5 Å². The first kappa shape index (κ1) is 18.3. The Balaban J connectivity index is 1.85. The van der Waals surface area contributed by atoms with Crippen LogP contribution >= 0.6 is 11.8 Å². The largest absolute Gasteiger partial charge is 0.497 e. The predicted octanol–water partition coefficient (Wildman–Crippen LogP) is 3.99. The quantitative estimate of drug-likeness (QED) is 0.857. The summed E-state index contributed by atoms with van der Waals surface area (Å²) in [5.74, 6) is 2.95. The van der Waals surface area contributed by atoms with Crippen molar-refractivity contribution in [3.8, 4) is 17.2 Å². The van der Waals surface area contributed by atoms with Crippen LogP contribution in [0.4, 0.5) is 10.5 Å². The standard InChI is InChI=1S/C19H22N2O4S/c1-23-13-8-9-16(24-2)14(12-13)18-21(10-11-26-18)19(22)20-15-6-4-5-7-17(15)25-3/h4-9,12,18H,10-11H2,1-3H3,(H,20,22). The monoisotopic (exact) mass is 374 g/mol. The smallest absolute Gasteiger partial charge is 0.323 e. The molecule has 1 heterocycles. The highest BCUT2D eigenvalue weighted by Crippen LogP contribution is 2.43. The molecule has 1 aliphatic heterocycles. The Morgan fingerprint density at radius 1 is 1.08 bits per heavy atom. The van der Waals surface area contributed by atoms with Crippen molar-refractivity contribution >= 4 is 23.5 Å². The van der Waals surface area contributed by atoms with Crippen LogP contribution in [0, 0.1) is 0 Å². The average Bonchev–Trinajstić information content (AvgIpc) is 3.17. The molecule has 1 atom stereocenters. The molecule has 0 saturated carbocycles. The summed E-state index contributed by atoms with van der Waals surface area (Å²) in [6, 6.07) is 12.8. The Morgan fingerprint density at radius 3 is 2.58 bits per heavy atom. The van der Waals surface area contributed by atoms with Gasteiger partial charge in [0.15, 0.2) is 0 Å². The molecule has 1 aliphatic rings. The Labute approximate surface area is 157 Å². The van der Waals surface area contributed by atoms with Gasteiger partial charge < -0.3 is 24.4 Å². The number of carbonyl (C=O) groups is 1. The maximum Gasteiger partial charge on any atom is 0.323 e. The van der Waals surface area contributed by atoms with E-state index >= 15 is 0 Å². The van der Waals surface area contributed by atoms with Crippen LogP contribution in [-0.2, 0) is 0 Å². The molecular formula is C19H22N2O4S. The van der Waals surface area contributed by atoms with Crippen molar-refractivity contribution in [3.05, 3.63) is 48.0 Å². The summed E-state index contributed by atoms with van der Waals surface area (Å²) in [5.41, 5.74) is 1.57. The van der Waals surface area contributed by atoms with Gasteiger partial charge in [-0.2, -0.15) is 0 Å². The maximum absolute atomic E-state index is 12.9. The molecule has 1 fully saturated rings. The van der Waals surface area contributed by atoms with Crippen LogP contribution < -0.4 is 19.5 Å². The summed E-state index contributed by atoms with van der Waals surface area (Å²) in [6.45, 7) is 0.649. The Hall–Kier alpha value is -2.54. The number of amides is 2. The Bertz CT molecular complexity index is 784. The summed E-state index contributed by atoms with van der Waals surface area (Å²) in [4.78, 5) is 14.7. The first-order valence-corrected chi connectivity index (χ1v) is 9.27. The van der Waals surface area contributed by atoms with Gasteiger partial charge in [-0.25, -0.2) is 4.79 Å². The number of nitrogens with zero attached hydrogens (tertiary/aromatic N) is 1. The predicted molar refractivity (Wildman–Crippen MR) is 103 cm³/mol. The van der Waals surface area contributed by atoms with Gasteiger partial charge in [-0.05, 0) is 30.3 Å². The summed E-state index contributed by atoms with van der Waals surface area (Å²) in [7, 11) is 4.84. The third-order valence-corrected chi connectivity index (χ3v) is 5.45. The molecule has 1 saturated heterocycles. The first-order chi connectivity index (χ1) is 12.7. The second-order valence-corrected chi connectivity index (χ2v) is 6.84. The molecule has 138 valence electrons. The molecular weight excluding hydrogens is 352 g/mol. The van der Waals surface area contributed by atoms with Gasteiger partial charge in [0.25, 0.3) is 0 Å². The molecule has 0 bridgehead atoms. The second kappa shape index (κ2) is 8.23. The van der Waals surface area contributed by atoms with Gasteiger partial charge >= 0.3 is 6.03 Å². The van der Waals surface area contributed by atoms with Gasteiger partial charge in [-0.15, -0.1) is 11.8 Å². The molecule has 7 heteroatoms. The van der Waals surface area contributed by atoms with Crippen LogP contribution in [0.2, 0.25) is 0 Å². The highest BCUT2D eigenvalue weighted by Gasteiger charge is 2.33. The lowest BCUT2D eigenvalue weighted by molar-refractivity contribution is 0.213. The van der Waals surface area contributed by atoms with E-state index in [-0.39, 0.29) is 11.4 Å². The number of ether oxygens (including phenoxy) is 3. The molecule has 2 aromatic rings. The lowest BCUT2D eigenvalue weighted by Crippen LogP contribution is -2.34. The van der Waals surface area contributed by atoms with Crippen LogP contribution in [0.3, 0.4) is 0 Å². The van der Waals surface area contributed by atoms with E-state index in [0.29, 0.717) is 18.0 Å². The number of hydrogen-bond acceptors (Lipinski definition) is 5. The minimum absolute atomic E-state index is 0.144. The van der Waals surface area contributed by atoms with Gasteiger partial charge in [0.2, 0.25) is 0 Å². The molecule has 0 aliphatic carbocycles. The third-order valence-electron chi connectivity index (χ3n) is 4.20. The van der Waals surface area contributed by atoms with Crippen LogP contribution in [-0.4, -0.2) is 44.6 Å². The number of urea groups is 1. The number of para-hydroxylation sites is 2. The Kier molecular flexibility index (Phi) is 5.78. The lowest BCUT2D eigenvalue weighted by atomic mass is 10.1. The zero-order valence-corrected chi connectivity index (χ0v) is 15.8. The van der Waals surface area contributed by atoms with E-state index in [1.807, 2.05) is 42.5 Å². The lowest BCUT2D eigenvalue weighted by Gasteiger charge is -2.26. The minimum atomic E-state index is -0.172. The average molecular weight is 374 g/mol. The molecule has 2 amide bonds. The zero-order chi connectivity index (χ0) is 18.5. The number of rotatable bonds is 5. The number of anilines is 1. The summed E-state index contributed by atoms with van der Waals surface area (Å²) in [6.07, 6.45) is 0. The third kappa shape index (κ3) is 3.67. The second-order valence-electron chi connectivity index (χ2n) is 5.65. The number of hydrogen-bond donors (Lipinski definition) is 1. The van der Waals surface area contributed by atoms with Crippen LogP contribution in [0.25, 0.3) is 0 Å². The molecule has 0 radical (unpaired) electrons. The van der Waals surface area contributed by atoms with E-state index in [1.54, 1.807) is 38.0 Å².